The fraction of sp³-hybridized carbons (Fsp3) is 0.600. The predicted octanol–water partition coefficient (Wildman–Crippen LogP) is 3.73. The van der Waals surface area contributed by atoms with Crippen LogP contribution in [0.3, 0.4) is 0 Å². The van der Waals surface area contributed by atoms with E-state index in [1.807, 2.05) is 0 Å². The number of hydrogen-bond donors (Lipinski definition) is 3. The van der Waals surface area contributed by atoms with Gasteiger partial charge in [0.2, 0.25) is 0 Å². The molecule has 0 spiro atoms. The van der Waals surface area contributed by atoms with Crippen molar-refractivity contribution < 1.29 is 10.2 Å². The molecule has 2 rings (SSSR count). The predicted molar refractivity (Wildman–Crippen MR) is 82.4 cm³/mol. The van der Waals surface area contributed by atoms with Crippen LogP contribution in [0.1, 0.15) is 38.2 Å². The van der Waals surface area contributed by atoms with Crippen LogP contribution in [0.5, 0.6) is 5.75 Å². The number of halogens is 2. The maximum absolute atomic E-state index is 9.96. The van der Waals surface area contributed by atoms with Crippen molar-refractivity contribution in [3.05, 3.63) is 27.7 Å². The minimum atomic E-state index is -0.256. The maximum Gasteiger partial charge on any atom is 0.138 e. The van der Waals surface area contributed by atoms with Gasteiger partial charge in [0.25, 0.3) is 0 Å². The molecule has 1 fully saturated rings. The van der Waals surface area contributed by atoms with Crippen molar-refractivity contribution in [1.82, 2.24) is 5.32 Å². The van der Waals surface area contributed by atoms with Gasteiger partial charge in [-0.15, -0.1) is 0 Å². The maximum atomic E-state index is 9.96. The molecular weight excluding hydrogens is 297 g/mol. The first kappa shape index (κ1) is 15.9. The summed E-state index contributed by atoms with van der Waals surface area (Å²) in [6, 6.07) is 3.22. The van der Waals surface area contributed by atoms with Crippen LogP contribution in [-0.2, 0) is 6.54 Å². The van der Waals surface area contributed by atoms with Crippen LogP contribution in [0.4, 0.5) is 0 Å². The summed E-state index contributed by atoms with van der Waals surface area (Å²) in [5.74, 6) is 0.770. The Kier molecular flexibility index (Phi) is 5.19. The lowest BCUT2D eigenvalue weighted by Crippen LogP contribution is -2.50. The highest BCUT2D eigenvalue weighted by Crippen LogP contribution is 2.34. The van der Waals surface area contributed by atoms with Crippen LogP contribution >= 0.6 is 23.2 Å². The van der Waals surface area contributed by atoms with E-state index in [0.29, 0.717) is 23.0 Å². The van der Waals surface area contributed by atoms with Crippen LogP contribution in [0.15, 0.2) is 12.1 Å². The van der Waals surface area contributed by atoms with E-state index < -0.39 is 0 Å². The first-order valence-corrected chi connectivity index (χ1v) is 7.74. The van der Waals surface area contributed by atoms with E-state index in [2.05, 4.69) is 12.2 Å². The quantitative estimate of drug-likeness (QED) is 0.793. The highest BCUT2D eigenvalue weighted by atomic mass is 35.5. The molecule has 0 saturated heterocycles. The van der Waals surface area contributed by atoms with E-state index in [9.17, 15) is 10.2 Å². The second kappa shape index (κ2) is 6.52. The van der Waals surface area contributed by atoms with Crippen LogP contribution in [0.2, 0.25) is 10.0 Å². The van der Waals surface area contributed by atoms with Crippen LogP contribution < -0.4 is 5.32 Å². The topological polar surface area (TPSA) is 52.5 Å². The third-order valence-electron chi connectivity index (χ3n) is 4.29. The van der Waals surface area contributed by atoms with Crippen molar-refractivity contribution in [2.75, 3.05) is 6.61 Å². The molecule has 3 N–H and O–H groups in total. The normalized spacial score (nSPS) is 26.7. The number of rotatable bonds is 4. The monoisotopic (exact) mass is 317 g/mol. The van der Waals surface area contributed by atoms with E-state index in [4.69, 9.17) is 23.2 Å². The molecule has 1 aliphatic rings. The van der Waals surface area contributed by atoms with Crippen molar-refractivity contribution in [1.29, 1.82) is 0 Å². The third kappa shape index (κ3) is 3.59. The van der Waals surface area contributed by atoms with Gasteiger partial charge in [0.1, 0.15) is 5.75 Å². The van der Waals surface area contributed by atoms with Crippen molar-refractivity contribution in [2.24, 2.45) is 5.92 Å². The van der Waals surface area contributed by atoms with Gasteiger partial charge in [0.15, 0.2) is 0 Å². The summed E-state index contributed by atoms with van der Waals surface area (Å²) in [7, 11) is 0. The van der Waals surface area contributed by atoms with Crippen LogP contribution in [-0.4, -0.2) is 22.4 Å². The van der Waals surface area contributed by atoms with Gasteiger partial charge >= 0.3 is 0 Å². The summed E-state index contributed by atoms with van der Waals surface area (Å²) in [6.45, 7) is 2.79. The Morgan fingerprint density at radius 2 is 1.95 bits per heavy atom. The molecule has 0 heterocycles. The Hall–Kier alpha value is -0.480. The molecule has 3 nitrogen and oxygen atoms in total. The van der Waals surface area contributed by atoms with Gasteiger partial charge in [-0.25, -0.2) is 0 Å². The summed E-state index contributed by atoms with van der Waals surface area (Å²) >= 11 is 11.9. The fourth-order valence-corrected chi connectivity index (χ4v) is 3.28. The number of phenols is 1. The molecule has 0 amide bonds. The van der Waals surface area contributed by atoms with Gasteiger partial charge < -0.3 is 15.5 Å². The Morgan fingerprint density at radius 1 is 1.30 bits per heavy atom. The number of aromatic hydroxyl groups is 1. The van der Waals surface area contributed by atoms with Crippen molar-refractivity contribution >= 4 is 23.2 Å². The van der Waals surface area contributed by atoms with Crippen LogP contribution in [0.25, 0.3) is 0 Å². The highest BCUT2D eigenvalue weighted by Gasteiger charge is 2.33. The molecular formula is C15H21Cl2NO2. The zero-order valence-electron chi connectivity index (χ0n) is 11.6. The fourth-order valence-electron chi connectivity index (χ4n) is 2.74. The molecule has 112 valence electrons. The molecule has 1 aromatic carbocycles. The smallest absolute Gasteiger partial charge is 0.138 e. The van der Waals surface area contributed by atoms with Crippen molar-refractivity contribution in [2.45, 2.75) is 44.7 Å². The highest BCUT2D eigenvalue weighted by molar-refractivity contribution is 6.35. The standard InChI is InChI=1S/C15H21Cl2NO2/c1-10-2-4-15(9-19,5-3-10)18-8-11-6-12(16)7-13(17)14(11)20/h6-7,10,18-20H,2-5,8-9H2,1H3. The van der Waals surface area contributed by atoms with Gasteiger partial charge in [-0.2, -0.15) is 0 Å². The lowest BCUT2D eigenvalue weighted by atomic mass is 9.77. The number of nitrogens with one attached hydrogen (secondary N) is 1. The van der Waals surface area contributed by atoms with Gasteiger partial charge in [-0.3, -0.25) is 0 Å². The first-order valence-electron chi connectivity index (χ1n) is 6.98. The van der Waals surface area contributed by atoms with Gasteiger partial charge in [-0.1, -0.05) is 30.1 Å². The van der Waals surface area contributed by atoms with E-state index in [1.165, 1.54) is 6.07 Å². The van der Waals surface area contributed by atoms with E-state index >= 15 is 0 Å². The number of hydrogen-bond acceptors (Lipinski definition) is 3. The van der Waals surface area contributed by atoms with Gasteiger partial charge in [0, 0.05) is 22.7 Å². The summed E-state index contributed by atoms with van der Waals surface area (Å²) < 4.78 is 0. The molecule has 0 bridgehead atoms. The Balaban J connectivity index is 2.07. The molecule has 0 unspecified atom stereocenters. The number of aliphatic hydroxyl groups is 1. The molecule has 0 radical (unpaired) electrons. The largest absolute Gasteiger partial charge is 0.506 e. The zero-order valence-corrected chi connectivity index (χ0v) is 13.1. The lowest BCUT2D eigenvalue weighted by molar-refractivity contribution is 0.104. The van der Waals surface area contributed by atoms with Crippen molar-refractivity contribution in [3.8, 4) is 5.75 Å². The third-order valence-corrected chi connectivity index (χ3v) is 4.80. The summed E-state index contributed by atoms with van der Waals surface area (Å²) in [5.41, 5.74) is 0.405. The molecule has 5 heteroatoms. The second-order valence-electron chi connectivity index (χ2n) is 5.87. The van der Waals surface area contributed by atoms with E-state index in [1.54, 1.807) is 6.07 Å². The lowest BCUT2D eigenvalue weighted by Gasteiger charge is -2.39. The minimum absolute atomic E-state index is 0.0563. The Bertz CT molecular complexity index is 471. The van der Waals surface area contributed by atoms with Gasteiger partial charge in [-0.05, 0) is 43.7 Å². The first-order chi connectivity index (χ1) is 9.46. The molecule has 0 aromatic heterocycles. The minimum Gasteiger partial charge on any atom is -0.506 e. The Labute approximate surface area is 129 Å². The molecule has 1 aliphatic carbocycles. The summed E-state index contributed by atoms with van der Waals surface area (Å²) in [5, 5.41) is 23.8. The summed E-state index contributed by atoms with van der Waals surface area (Å²) in [6.07, 6.45) is 4.10. The second-order valence-corrected chi connectivity index (χ2v) is 6.71. The number of benzene rings is 1. The average Bonchev–Trinajstić information content (AvgIpc) is 2.43. The average molecular weight is 318 g/mol. The van der Waals surface area contributed by atoms with E-state index in [0.717, 1.165) is 25.7 Å². The SMILES string of the molecule is CC1CCC(CO)(NCc2cc(Cl)cc(Cl)c2O)CC1. The van der Waals surface area contributed by atoms with E-state index in [-0.39, 0.29) is 22.9 Å². The molecule has 0 aliphatic heterocycles. The van der Waals surface area contributed by atoms with Crippen molar-refractivity contribution in [3.63, 3.8) is 0 Å². The molecule has 1 saturated carbocycles. The van der Waals surface area contributed by atoms with Gasteiger partial charge in [0.05, 0.1) is 11.6 Å². The number of phenolic OH excluding ortho intramolecular Hbond substituents is 1. The zero-order chi connectivity index (χ0) is 14.8. The molecule has 1 aromatic rings. The molecule has 0 atom stereocenters. The Morgan fingerprint density at radius 3 is 2.55 bits per heavy atom. The van der Waals surface area contributed by atoms with Crippen LogP contribution in [0, 0.1) is 5.92 Å². The molecule has 20 heavy (non-hydrogen) atoms. The number of aliphatic hydroxyl groups excluding tert-OH is 1. The summed E-state index contributed by atoms with van der Waals surface area (Å²) in [4.78, 5) is 0.